The maximum atomic E-state index is 13.7. The van der Waals surface area contributed by atoms with Crippen LogP contribution in [-0.4, -0.2) is 29.4 Å². The average Bonchev–Trinajstić information content (AvgIpc) is 3.21. The molecule has 0 fully saturated rings. The summed E-state index contributed by atoms with van der Waals surface area (Å²) >= 11 is 7.86. The number of benzene rings is 1. The van der Waals surface area contributed by atoms with Crippen LogP contribution in [0.2, 0.25) is 5.02 Å². The van der Waals surface area contributed by atoms with Gasteiger partial charge in [0.25, 0.3) is 5.91 Å². The lowest BCUT2D eigenvalue weighted by atomic mass is 9.78. The van der Waals surface area contributed by atoms with Crippen molar-refractivity contribution >= 4 is 34.7 Å². The first kappa shape index (κ1) is 26.5. The molecule has 4 nitrogen and oxygen atoms in total. The van der Waals surface area contributed by atoms with Gasteiger partial charge < -0.3 is 10.2 Å². The molecule has 0 bridgehead atoms. The number of amides is 1. The summed E-state index contributed by atoms with van der Waals surface area (Å²) in [6.45, 7) is 5.16. The molecule has 1 aromatic carbocycles. The molecule has 36 heavy (non-hydrogen) atoms. The summed E-state index contributed by atoms with van der Waals surface area (Å²) in [6, 6.07) is 9.01. The lowest BCUT2D eigenvalue weighted by Gasteiger charge is -2.28. The van der Waals surface area contributed by atoms with Crippen LogP contribution in [-0.2, 0) is 32.0 Å². The average molecular weight is 536 g/mol. The van der Waals surface area contributed by atoms with E-state index in [9.17, 15) is 18.0 Å². The minimum atomic E-state index is -4.41. The number of rotatable bonds is 7. The molecule has 2 heterocycles. The van der Waals surface area contributed by atoms with Crippen LogP contribution in [0.25, 0.3) is 0 Å². The second kappa shape index (κ2) is 10.4. The van der Waals surface area contributed by atoms with Crippen LogP contribution in [0.3, 0.4) is 0 Å². The SMILES string of the molecule is CNc1ncc(Cl)cc1C(=O)N(CCc1cccc(C(F)(F)F)c1)Cc1cc2c(s1)CC(C)(C)CC2. The summed E-state index contributed by atoms with van der Waals surface area (Å²) in [6.07, 6.45) is 0.479. The van der Waals surface area contributed by atoms with Gasteiger partial charge >= 0.3 is 6.18 Å². The first-order valence-corrected chi connectivity index (χ1v) is 13.0. The third-order valence-corrected chi connectivity index (χ3v) is 7.91. The Hall–Kier alpha value is -2.58. The standard InChI is InChI=1S/C27H29ClF3N3OS/c1-26(2)9-7-18-12-21(36-23(18)14-26)16-34(25(35)22-13-20(28)15-33-24(22)32-3)10-8-17-5-4-6-19(11-17)27(29,30)31/h4-6,11-13,15H,7-10,14,16H2,1-3H3,(H,32,33). The van der Waals surface area contributed by atoms with Gasteiger partial charge in [0.15, 0.2) is 0 Å². The summed E-state index contributed by atoms with van der Waals surface area (Å²) in [4.78, 5) is 22.0. The smallest absolute Gasteiger partial charge is 0.372 e. The number of alkyl halides is 3. The third-order valence-electron chi connectivity index (χ3n) is 6.54. The number of halogens is 4. The number of pyridine rings is 1. The Morgan fingerprint density at radius 3 is 2.75 bits per heavy atom. The van der Waals surface area contributed by atoms with E-state index in [4.69, 9.17) is 11.6 Å². The molecular formula is C27H29ClF3N3OS. The minimum Gasteiger partial charge on any atom is -0.372 e. The molecule has 1 amide bonds. The van der Waals surface area contributed by atoms with Gasteiger partial charge in [-0.1, -0.05) is 43.6 Å². The number of carbonyl (C=O) groups is 1. The molecule has 0 radical (unpaired) electrons. The van der Waals surface area contributed by atoms with Crippen molar-refractivity contribution in [1.82, 2.24) is 9.88 Å². The molecule has 1 N–H and O–H groups in total. The van der Waals surface area contributed by atoms with Crippen molar-refractivity contribution in [1.29, 1.82) is 0 Å². The highest BCUT2D eigenvalue weighted by Crippen LogP contribution is 2.39. The molecule has 2 aromatic heterocycles. The number of aromatic nitrogens is 1. The summed E-state index contributed by atoms with van der Waals surface area (Å²) in [5.41, 5.74) is 1.75. The van der Waals surface area contributed by atoms with E-state index in [2.05, 4.69) is 30.2 Å². The number of aryl methyl sites for hydroxylation is 1. The van der Waals surface area contributed by atoms with Crippen LogP contribution < -0.4 is 5.32 Å². The number of fused-ring (bicyclic) bond motifs is 1. The van der Waals surface area contributed by atoms with E-state index in [0.717, 1.165) is 36.3 Å². The monoisotopic (exact) mass is 535 g/mol. The molecule has 0 spiro atoms. The van der Waals surface area contributed by atoms with E-state index in [0.29, 0.717) is 28.5 Å². The Bertz CT molecular complexity index is 1260. The van der Waals surface area contributed by atoms with Gasteiger partial charge in [-0.05, 0) is 60.4 Å². The van der Waals surface area contributed by atoms with Crippen molar-refractivity contribution in [3.63, 3.8) is 0 Å². The molecular weight excluding hydrogens is 507 g/mol. The van der Waals surface area contributed by atoms with Gasteiger partial charge in [-0.3, -0.25) is 4.79 Å². The van der Waals surface area contributed by atoms with E-state index < -0.39 is 11.7 Å². The molecule has 192 valence electrons. The van der Waals surface area contributed by atoms with Crippen molar-refractivity contribution in [3.8, 4) is 0 Å². The molecule has 3 aromatic rings. The molecule has 9 heteroatoms. The van der Waals surface area contributed by atoms with Crippen molar-refractivity contribution < 1.29 is 18.0 Å². The predicted octanol–water partition coefficient (Wildman–Crippen LogP) is 7.26. The van der Waals surface area contributed by atoms with Gasteiger partial charge in [-0.2, -0.15) is 13.2 Å². The zero-order valence-corrected chi connectivity index (χ0v) is 22.1. The van der Waals surface area contributed by atoms with Crippen LogP contribution in [0.15, 0.2) is 42.6 Å². The number of hydrogen-bond donors (Lipinski definition) is 1. The van der Waals surface area contributed by atoms with Gasteiger partial charge in [0.05, 0.1) is 22.7 Å². The van der Waals surface area contributed by atoms with Gasteiger partial charge in [-0.25, -0.2) is 4.98 Å². The normalized spacial score (nSPS) is 14.9. The molecule has 1 aliphatic carbocycles. The Labute approximate surface area is 218 Å². The zero-order chi connectivity index (χ0) is 26.1. The molecule has 0 aliphatic heterocycles. The Morgan fingerprint density at radius 1 is 1.25 bits per heavy atom. The second-order valence-electron chi connectivity index (χ2n) is 9.98. The Balaban J connectivity index is 1.61. The van der Waals surface area contributed by atoms with Crippen LogP contribution in [0.1, 0.15) is 57.1 Å². The highest BCUT2D eigenvalue weighted by atomic mass is 35.5. The third kappa shape index (κ3) is 6.21. The van der Waals surface area contributed by atoms with Crippen molar-refractivity contribution in [2.45, 2.75) is 52.3 Å². The van der Waals surface area contributed by atoms with Crippen molar-refractivity contribution in [3.05, 3.63) is 79.6 Å². The van der Waals surface area contributed by atoms with E-state index in [1.807, 2.05) is 0 Å². The number of hydrogen-bond acceptors (Lipinski definition) is 4. The van der Waals surface area contributed by atoms with Gasteiger partial charge in [0, 0.05) is 29.5 Å². The number of anilines is 1. The summed E-state index contributed by atoms with van der Waals surface area (Å²) in [5, 5.41) is 3.27. The summed E-state index contributed by atoms with van der Waals surface area (Å²) in [7, 11) is 1.68. The van der Waals surface area contributed by atoms with Crippen LogP contribution in [0, 0.1) is 5.41 Å². The number of thiophene rings is 1. The predicted molar refractivity (Wildman–Crippen MR) is 139 cm³/mol. The van der Waals surface area contributed by atoms with E-state index in [1.165, 1.54) is 22.7 Å². The second-order valence-corrected chi connectivity index (χ2v) is 11.6. The lowest BCUT2D eigenvalue weighted by Crippen LogP contribution is -2.33. The maximum absolute atomic E-state index is 13.7. The minimum absolute atomic E-state index is 0.252. The maximum Gasteiger partial charge on any atom is 0.416 e. The highest BCUT2D eigenvalue weighted by molar-refractivity contribution is 7.12. The van der Waals surface area contributed by atoms with Crippen LogP contribution in [0.5, 0.6) is 0 Å². The molecule has 0 atom stereocenters. The van der Waals surface area contributed by atoms with Crippen molar-refractivity contribution in [2.24, 2.45) is 5.41 Å². The highest BCUT2D eigenvalue weighted by Gasteiger charge is 2.31. The molecule has 0 saturated carbocycles. The van der Waals surface area contributed by atoms with Gasteiger partial charge in [-0.15, -0.1) is 11.3 Å². The first-order valence-electron chi connectivity index (χ1n) is 11.8. The van der Waals surface area contributed by atoms with E-state index in [-0.39, 0.29) is 24.3 Å². The van der Waals surface area contributed by atoms with E-state index in [1.54, 1.807) is 35.4 Å². The fourth-order valence-corrected chi connectivity index (χ4v) is 6.19. The molecule has 1 aliphatic rings. The van der Waals surface area contributed by atoms with Crippen LogP contribution >= 0.6 is 22.9 Å². The summed E-state index contributed by atoms with van der Waals surface area (Å²) in [5.74, 6) is 0.133. The Morgan fingerprint density at radius 2 is 2.03 bits per heavy atom. The van der Waals surface area contributed by atoms with Gasteiger partial charge in [0.1, 0.15) is 5.82 Å². The molecule has 4 rings (SSSR count). The molecule has 0 unspecified atom stereocenters. The van der Waals surface area contributed by atoms with Crippen LogP contribution in [0.4, 0.5) is 19.0 Å². The van der Waals surface area contributed by atoms with Crippen molar-refractivity contribution in [2.75, 3.05) is 18.9 Å². The summed E-state index contributed by atoms with van der Waals surface area (Å²) < 4.78 is 39.6. The fourth-order valence-electron chi connectivity index (χ4n) is 4.54. The Kier molecular flexibility index (Phi) is 7.67. The number of carbonyl (C=O) groups excluding carboxylic acids is 1. The lowest BCUT2D eigenvalue weighted by molar-refractivity contribution is -0.137. The molecule has 0 saturated heterocycles. The van der Waals surface area contributed by atoms with E-state index >= 15 is 0 Å². The van der Waals surface area contributed by atoms with Gasteiger partial charge in [0.2, 0.25) is 0 Å². The quantitative estimate of drug-likeness (QED) is 0.346. The largest absolute Gasteiger partial charge is 0.416 e. The topological polar surface area (TPSA) is 45.2 Å². The number of nitrogens with one attached hydrogen (secondary N) is 1. The first-order chi connectivity index (χ1) is 16.9. The fraction of sp³-hybridized carbons (Fsp3) is 0.407. The number of nitrogens with zero attached hydrogens (tertiary/aromatic N) is 2. The zero-order valence-electron chi connectivity index (χ0n) is 20.5.